The molecule has 0 spiro atoms. The van der Waals surface area contributed by atoms with Crippen LogP contribution in [0.4, 0.5) is 0 Å². The van der Waals surface area contributed by atoms with Gasteiger partial charge in [0.15, 0.2) is 0 Å². The Balaban J connectivity index is 2.73. The molecule has 0 radical (unpaired) electrons. The highest BCUT2D eigenvalue weighted by Gasteiger charge is 2.46. The number of hydrogen-bond acceptors (Lipinski definition) is 5. The maximum atomic E-state index is 11.9. The molecular formula is C11H22N2O3. The fourth-order valence-electron chi connectivity index (χ4n) is 1.84. The molecule has 3 atom stereocenters. The second kappa shape index (κ2) is 4.31. The van der Waals surface area contributed by atoms with Crippen molar-refractivity contribution in [2.24, 2.45) is 11.5 Å². The molecule has 16 heavy (non-hydrogen) atoms. The van der Waals surface area contributed by atoms with Gasteiger partial charge in [-0.05, 0) is 40.0 Å². The van der Waals surface area contributed by atoms with Crippen LogP contribution in [0.1, 0.15) is 40.0 Å². The molecule has 1 rings (SSSR count). The molecule has 1 saturated carbocycles. The lowest BCUT2D eigenvalue weighted by atomic mass is 9.77. The van der Waals surface area contributed by atoms with Crippen molar-refractivity contribution in [1.82, 2.24) is 0 Å². The molecule has 0 bridgehead atoms. The van der Waals surface area contributed by atoms with Gasteiger partial charge < -0.3 is 21.3 Å². The zero-order valence-corrected chi connectivity index (χ0v) is 10.2. The maximum absolute atomic E-state index is 11.9. The fourth-order valence-corrected chi connectivity index (χ4v) is 1.84. The summed E-state index contributed by atoms with van der Waals surface area (Å²) in [6.07, 6.45) is 0.734. The third-order valence-electron chi connectivity index (χ3n) is 2.86. The van der Waals surface area contributed by atoms with Crippen molar-refractivity contribution < 1.29 is 14.6 Å². The molecule has 3 unspecified atom stereocenters. The second-order valence-electron chi connectivity index (χ2n) is 5.58. The highest BCUT2D eigenvalue weighted by atomic mass is 16.6. The Morgan fingerprint density at radius 2 is 2.06 bits per heavy atom. The van der Waals surface area contributed by atoms with Gasteiger partial charge in [0.05, 0.1) is 6.10 Å². The van der Waals surface area contributed by atoms with Gasteiger partial charge in [0.1, 0.15) is 11.1 Å². The normalized spacial score (nSPS) is 35.9. The summed E-state index contributed by atoms with van der Waals surface area (Å²) in [5.74, 6) is -0.473. The van der Waals surface area contributed by atoms with Crippen molar-refractivity contribution in [3.8, 4) is 0 Å². The van der Waals surface area contributed by atoms with Gasteiger partial charge in [-0.1, -0.05) is 0 Å². The Morgan fingerprint density at radius 1 is 1.50 bits per heavy atom. The SMILES string of the molecule is CC(C)(C)OC(=O)C1(N)CCC(O)CC1N. The van der Waals surface area contributed by atoms with Crippen LogP contribution in [-0.2, 0) is 9.53 Å². The maximum Gasteiger partial charge on any atom is 0.328 e. The van der Waals surface area contributed by atoms with E-state index in [1.807, 2.05) is 0 Å². The van der Waals surface area contributed by atoms with Gasteiger partial charge >= 0.3 is 5.97 Å². The minimum absolute atomic E-state index is 0.343. The van der Waals surface area contributed by atoms with Gasteiger partial charge in [-0.2, -0.15) is 0 Å². The Bertz CT molecular complexity index is 275. The van der Waals surface area contributed by atoms with E-state index in [9.17, 15) is 9.90 Å². The van der Waals surface area contributed by atoms with Gasteiger partial charge in [0, 0.05) is 6.04 Å². The molecule has 0 aliphatic heterocycles. The van der Waals surface area contributed by atoms with Gasteiger partial charge in [0.25, 0.3) is 0 Å². The van der Waals surface area contributed by atoms with Crippen molar-refractivity contribution in [3.05, 3.63) is 0 Å². The van der Waals surface area contributed by atoms with Crippen molar-refractivity contribution >= 4 is 5.97 Å². The summed E-state index contributed by atoms with van der Waals surface area (Å²) in [4.78, 5) is 11.9. The molecule has 0 heterocycles. The summed E-state index contributed by atoms with van der Waals surface area (Å²) >= 11 is 0. The zero-order valence-electron chi connectivity index (χ0n) is 10.2. The van der Waals surface area contributed by atoms with Gasteiger partial charge in [-0.3, -0.25) is 0 Å². The molecule has 0 aromatic heterocycles. The van der Waals surface area contributed by atoms with Crippen molar-refractivity contribution in [3.63, 3.8) is 0 Å². The van der Waals surface area contributed by atoms with Crippen LogP contribution in [0.25, 0.3) is 0 Å². The summed E-state index contributed by atoms with van der Waals surface area (Å²) in [6.45, 7) is 5.37. The number of carbonyl (C=O) groups excluding carboxylic acids is 1. The number of hydrogen-bond donors (Lipinski definition) is 3. The Hall–Kier alpha value is -0.650. The lowest BCUT2D eigenvalue weighted by Gasteiger charge is -2.40. The van der Waals surface area contributed by atoms with E-state index in [1.165, 1.54) is 0 Å². The van der Waals surface area contributed by atoms with Gasteiger partial charge in [-0.25, -0.2) is 4.79 Å². The minimum atomic E-state index is -1.16. The van der Waals surface area contributed by atoms with E-state index in [-0.39, 0.29) is 0 Å². The second-order valence-corrected chi connectivity index (χ2v) is 5.58. The van der Waals surface area contributed by atoms with E-state index >= 15 is 0 Å². The zero-order chi connectivity index (χ0) is 12.6. The summed E-state index contributed by atoms with van der Waals surface area (Å²) in [5, 5.41) is 9.44. The summed E-state index contributed by atoms with van der Waals surface area (Å²) in [5.41, 5.74) is 10.1. The van der Waals surface area contributed by atoms with E-state index in [2.05, 4.69) is 0 Å². The number of esters is 1. The molecule has 94 valence electrons. The highest BCUT2D eigenvalue weighted by Crippen LogP contribution is 2.28. The number of aliphatic hydroxyl groups excluding tert-OH is 1. The molecule has 1 aliphatic carbocycles. The molecule has 5 nitrogen and oxygen atoms in total. The number of nitrogens with two attached hydrogens (primary N) is 2. The Labute approximate surface area is 96.1 Å². The quantitative estimate of drug-likeness (QED) is 0.546. The van der Waals surface area contributed by atoms with E-state index in [4.69, 9.17) is 16.2 Å². The average molecular weight is 230 g/mol. The van der Waals surface area contributed by atoms with Crippen LogP contribution in [-0.4, -0.2) is 34.4 Å². The molecule has 0 amide bonds. The first-order valence-corrected chi connectivity index (χ1v) is 5.61. The first-order chi connectivity index (χ1) is 7.15. The molecule has 0 aromatic rings. The van der Waals surface area contributed by atoms with Crippen LogP contribution in [0.5, 0.6) is 0 Å². The number of rotatable bonds is 1. The monoisotopic (exact) mass is 230 g/mol. The third-order valence-corrected chi connectivity index (χ3v) is 2.86. The first kappa shape index (κ1) is 13.4. The van der Waals surface area contributed by atoms with Crippen LogP contribution < -0.4 is 11.5 Å². The van der Waals surface area contributed by atoms with E-state index in [1.54, 1.807) is 20.8 Å². The molecule has 5 heteroatoms. The molecule has 0 saturated heterocycles. The van der Waals surface area contributed by atoms with Crippen LogP contribution >= 0.6 is 0 Å². The van der Waals surface area contributed by atoms with Crippen molar-refractivity contribution in [2.45, 2.75) is 63.3 Å². The molecule has 5 N–H and O–H groups in total. The largest absolute Gasteiger partial charge is 0.459 e. The standard InChI is InChI=1S/C11H22N2O3/c1-10(2,3)16-9(15)11(13)5-4-7(14)6-8(11)12/h7-8,14H,4-6,12-13H2,1-3H3. The number of ether oxygens (including phenoxy) is 1. The predicted molar refractivity (Wildman–Crippen MR) is 60.6 cm³/mol. The smallest absolute Gasteiger partial charge is 0.328 e. The first-order valence-electron chi connectivity index (χ1n) is 5.61. The van der Waals surface area contributed by atoms with E-state index in [0.29, 0.717) is 19.3 Å². The van der Waals surface area contributed by atoms with Crippen molar-refractivity contribution in [1.29, 1.82) is 0 Å². The summed E-state index contributed by atoms with van der Waals surface area (Å²) < 4.78 is 5.26. The summed E-state index contributed by atoms with van der Waals surface area (Å²) in [7, 11) is 0. The minimum Gasteiger partial charge on any atom is -0.459 e. The lowest BCUT2D eigenvalue weighted by Crippen LogP contribution is -2.65. The summed E-state index contributed by atoms with van der Waals surface area (Å²) in [6, 6.07) is -0.550. The topological polar surface area (TPSA) is 98.6 Å². The van der Waals surface area contributed by atoms with Crippen LogP contribution in [0, 0.1) is 0 Å². The van der Waals surface area contributed by atoms with E-state index in [0.717, 1.165) is 0 Å². The Kier molecular flexibility index (Phi) is 3.62. The highest BCUT2D eigenvalue weighted by molar-refractivity contribution is 5.82. The molecule has 0 aromatic carbocycles. The molecule has 1 aliphatic rings. The number of aliphatic hydroxyl groups is 1. The van der Waals surface area contributed by atoms with E-state index < -0.39 is 29.3 Å². The average Bonchev–Trinajstić information content (AvgIpc) is 2.09. The predicted octanol–water partition coefficient (Wildman–Crippen LogP) is -0.102. The van der Waals surface area contributed by atoms with Crippen LogP contribution in [0.3, 0.4) is 0 Å². The third kappa shape index (κ3) is 2.93. The fraction of sp³-hybridized carbons (Fsp3) is 0.909. The van der Waals surface area contributed by atoms with Crippen molar-refractivity contribution in [2.75, 3.05) is 0 Å². The lowest BCUT2D eigenvalue weighted by molar-refractivity contribution is -0.164. The molecule has 1 fully saturated rings. The van der Waals surface area contributed by atoms with Crippen LogP contribution in [0.15, 0.2) is 0 Å². The van der Waals surface area contributed by atoms with Gasteiger partial charge in [-0.15, -0.1) is 0 Å². The Morgan fingerprint density at radius 3 is 2.50 bits per heavy atom. The number of carbonyl (C=O) groups is 1. The van der Waals surface area contributed by atoms with Gasteiger partial charge in [0.2, 0.25) is 0 Å². The van der Waals surface area contributed by atoms with Crippen LogP contribution in [0.2, 0.25) is 0 Å². The molecular weight excluding hydrogens is 208 g/mol.